The van der Waals surface area contributed by atoms with E-state index in [0.29, 0.717) is 18.4 Å². The van der Waals surface area contributed by atoms with E-state index in [0.717, 1.165) is 28.8 Å². The van der Waals surface area contributed by atoms with Crippen molar-refractivity contribution in [2.24, 2.45) is 10.7 Å². The summed E-state index contributed by atoms with van der Waals surface area (Å²) in [4.78, 5) is 7.74. The number of ether oxygens (including phenoxy) is 1. The first-order chi connectivity index (χ1) is 12.6. The number of aliphatic imine (C=N–C) groups is 1. The van der Waals surface area contributed by atoms with Crippen molar-refractivity contribution in [2.45, 2.75) is 26.2 Å². The summed E-state index contributed by atoms with van der Waals surface area (Å²) in [6.45, 7) is 4.95. The lowest BCUT2D eigenvalue weighted by Gasteiger charge is -2.10. The van der Waals surface area contributed by atoms with Crippen LogP contribution in [0.2, 0.25) is 0 Å². The Balaban J connectivity index is 1.66. The Bertz CT molecular complexity index is 911. The van der Waals surface area contributed by atoms with Crippen LogP contribution in [0.25, 0.3) is 10.9 Å². The third-order valence-corrected chi connectivity index (χ3v) is 4.46. The number of aromatic amines is 1. The number of nitrogens with one attached hydrogen (secondary N) is 2. The Morgan fingerprint density at radius 2 is 2.04 bits per heavy atom. The number of hydrogen-bond donors (Lipinski definition) is 3. The fraction of sp³-hybridized carbons (Fsp3) is 0.286. The molecule has 5 heteroatoms. The molecule has 0 bridgehead atoms. The van der Waals surface area contributed by atoms with Crippen LogP contribution in [0.3, 0.4) is 0 Å². The Labute approximate surface area is 154 Å². The number of benzene rings is 2. The summed E-state index contributed by atoms with van der Waals surface area (Å²) in [7, 11) is 1.69. The van der Waals surface area contributed by atoms with Crippen LogP contribution < -0.4 is 15.8 Å². The summed E-state index contributed by atoms with van der Waals surface area (Å²) in [6, 6.07) is 14.3. The Morgan fingerprint density at radius 3 is 2.81 bits per heavy atom. The van der Waals surface area contributed by atoms with E-state index in [1.165, 1.54) is 11.1 Å². The van der Waals surface area contributed by atoms with Crippen molar-refractivity contribution in [3.8, 4) is 5.75 Å². The van der Waals surface area contributed by atoms with Gasteiger partial charge in [0.05, 0.1) is 7.11 Å². The van der Waals surface area contributed by atoms with Gasteiger partial charge in [-0.2, -0.15) is 0 Å². The second kappa shape index (κ2) is 7.95. The molecule has 0 saturated heterocycles. The van der Waals surface area contributed by atoms with E-state index in [1.807, 2.05) is 36.5 Å². The van der Waals surface area contributed by atoms with Gasteiger partial charge in [0.1, 0.15) is 5.75 Å². The molecule has 26 heavy (non-hydrogen) atoms. The molecule has 1 aromatic heterocycles. The van der Waals surface area contributed by atoms with Crippen LogP contribution in [0, 0.1) is 0 Å². The molecular formula is C21H26N4O. The van der Waals surface area contributed by atoms with Gasteiger partial charge in [0, 0.05) is 29.3 Å². The summed E-state index contributed by atoms with van der Waals surface area (Å²) in [5.41, 5.74) is 10.5. The van der Waals surface area contributed by atoms with Gasteiger partial charge in [-0.05, 0) is 47.7 Å². The highest BCUT2D eigenvalue weighted by molar-refractivity contribution is 5.92. The minimum atomic E-state index is 0.428. The van der Waals surface area contributed by atoms with Crippen LogP contribution in [-0.2, 0) is 6.42 Å². The zero-order valence-electron chi connectivity index (χ0n) is 15.5. The van der Waals surface area contributed by atoms with Crippen molar-refractivity contribution in [3.63, 3.8) is 0 Å². The number of H-pyrrole nitrogens is 1. The average Bonchev–Trinajstić information content (AvgIpc) is 3.05. The van der Waals surface area contributed by atoms with Crippen molar-refractivity contribution in [1.29, 1.82) is 0 Å². The zero-order valence-corrected chi connectivity index (χ0v) is 15.5. The maximum absolute atomic E-state index is 6.05. The molecule has 136 valence electrons. The van der Waals surface area contributed by atoms with Crippen LogP contribution in [0.1, 0.15) is 30.9 Å². The summed E-state index contributed by atoms with van der Waals surface area (Å²) < 4.78 is 5.47. The summed E-state index contributed by atoms with van der Waals surface area (Å²) in [6.07, 6.45) is 2.80. The lowest BCUT2D eigenvalue weighted by atomic mass is 10.0. The summed E-state index contributed by atoms with van der Waals surface area (Å²) >= 11 is 0. The molecule has 0 saturated carbocycles. The molecule has 3 rings (SSSR count). The molecule has 0 radical (unpaired) electrons. The molecule has 0 aliphatic heterocycles. The minimum absolute atomic E-state index is 0.428. The van der Waals surface area contributed by atoms with Gasteiger partial charge in [0.15, 0.2) is 5.96 Å². The third-order valence-electron chi connectivity index (χ3n) is 4.46. The van der Waals surface area contributed by atoms with E-state index in [2.05, 4.69) is 41.3 Å². The van der Waals surface area contributed by atoms with E-state index in [-0.39, 0.29) is 0 Å². The standard InChI is InChI=1S/C21H26N4O/c1-14(2)15-6-4-7-17(12-15)25-21(22)23-11-10-16-13-24-18-8-5-9-19(26-3)20(16)18/h4-9,12-14,24H,10-11H2,1-3H3,(H3,22,23,25). The molecule has 2 aromatic carbocycles. The molecule has 0 atom stereocenters. The van der Waals surface area contributed by atoms with Gasteiger partial charge in [0.2, 0.25) is 0 Å². The topological polar surface area (TPSA) is 75.4 Å². The normalized spacial score (nSPS) is 11.9. The second-order valence-electron chi connectivity index (χ2n) is 6.62. The largest absolute Gasteiger partial charge is 0.496 e. The van der Waals surface area contributed by atoms with Gasteiger partial charge in [-0.25, -0.2) is 0 Å². The van der Waals surface area contributed by atoms with Crippen molar-refractivity contribution in [1.82, 2.24) is 4.98 Å². The SMILES string of the molecule is COc1cccc2[nH]cc(CCN=C(N)Nc3cccc(C(C)C)c3)c12. The minimum Gasteiger partial charge on any atom is -0.496 e. The fourth-order valence-electron chi connectivity index (χ4n) is 3.05. The molecule has 0 amide bonds. The van der Waals surface area contributed by atoms with Gasteiger partial charge in [-0.3, -0.25) is 4.99 Å². The molecule has 0 fully saturated rings. The number of fused-ring (bicyclic) bond motifs is 1. The number of nitrogens with zero attached hydrogens (tertiary/aromatic N) is 1. The van der Waals surface area contributed by atoms with Gasteiger partial charge < -0.3 is 20.8 Å². The number of nitrogens with two attached hydrogens (primary N) is 1. The molecular weight excluding hydrogens is 324 g/mol. The highest BCUT2D eigenvalue weighted by atomic mass is 16.5. The first-order valence-electron chi connectivity index (χ1n) is 8.88. The number of rotatable bonds is 6. The monoisotopic (exact) mass is 350 g/mol. The smallest absolute Gasteiger partial charge is 0.193 e. The lowest BCUT2D eigenvalue weighted by molar-refractivity contribution is 0.419. The molecule has 0 aliphatic carbocycles. The fourth-order valence-corrected chi connectivity index (χ4v) is 3.05. The van der Waals surface area contributed by atoms with Crippen LogP contribution in [0.15, 0.2) is 53.7 Å². The van der Waals surface area contributed by atoms with Gasteiger partial charge in [-0.15, -0.1) is 0 Å². The van der Waals surface area contributed by atoms with Gasteiger partial charge in [-0.1, -0.05) is 32.0 Å². The molecule has 3 aromatic rings. The highest BCUT2D eigenvalue weighted by Gasteiger charge is 2.08. The van der Waals surface area contributed by atoms with Crippen molar-refractivity contribution >= 4 is 22.5 Å². The summed E-state index contributed by atoms with van der Waals surface area (Å²) in [5.74, 6) is 1.78. The van der Waals surface area contributed by atoms with Crippen LogP contribution >= 0.6 is 0 Å². The van der Waals surface area contributed by atoms with Crippen LogP contribution in [0.5, 0.6) is 5.75 Å². The number of anilines is 1. The third kappa shape index (κ3) is 3.99. The molecule has 0 aliphatic rings. The number of methoxy groups -OCH3 is 1. The molecule has 0 spiro atoms. The first-order valence-corrected chi connectivity index (χ1v) is 8.88. The van der Waals surface area contributed by atoms with Gasteiger partial charge in [0.25, 0.3) is 0 Å². The average molecular weight is 350 g/mol. The van der Waals surface area contributed by atoms with E-state index >= 15 is 0 Å². The maximum atomic E-state index is 6.05. The number of hydrogen-bond acceptors (Lipinski definition) is 2. The van der Waals surface area contributed by atoms with E-state index in [4.69, 9.17) is 10.5 Å². The number of aromatic nitrogens is 1. The predicted octanol–water partition coefficient (Wildman–Crippen LogP) is 4.27. The van der Waals surface area contributed by atoms with E-state index < -0.39 is 0 Å². The van der Waals surface area contributed by atoms with E-state index in [1.54, 1.807) is 7.11 Å². The molecule has 4 N–H and O–H groups in total. The predicted molar refractivity (Wildman–Crippen MR) is 109 cm³/mol. The van der Waals surface area contributed by atoms with Crippen molar-refractivity contribution in [3.05, 3.63) is 59.8 Å². The molecule has 1 heterocycles. The van der Waals surface area contributed by atoms with E-state index in [9.17, 15) is 0 Å². The lowest BCUT2D eigenvalue weighted by Crippen LogP contribution is -2.23. The van der Waals surface area contributed by atoms with Crippen LogP contribution in [-0.4, -0.2) is 24.6 Å². The van der Waals surface area contributed by atoms with Crippen molar-refractivity contribution in [2.75, 3.05) is 19.0 Å². The van der Waals surface area contributed by atoms with Gasteiger partial charge >= 0.3 is 0 Å². The zero-order chi connectivity index (χ0) is 18.5. The van der Waals surface area contributed by atoms with Crippen molar-refractivity contribution < 1.29 is 4.74 Å². The quantitative estimate of drug-likeness (QED) is 0.459. The summed E-state index contributed by atoms with van der Waals surface area (Å²) in [5, 5.41) is 4.28. The Kier molecular flexibility index (Phi) is 5.46. The Morgan fingerprint density at radius 1 is 1.23 bits per heavy atom. The first kappa shape index (κ1) is 17.9. The maximum Gasteiger partial charge on any atom is 0.193 e. The molecule has 0 unspecified atom stereocenters. The molecule has 5 nitrogen and oxygen atoms in total. The second-order valence-corrected chi connectivity index (χ2v) is 6.62. The highest BCUT2D eigenvalue weighted by Crippen LogP contribution is 2.28. The Hall–Kier alpha value is -2.95. The van der Waals surface area contributed by atoms with Crippen LogP contribution in [0.4, 0.5) is 5.69 Å². The number of guanidine groups is 1.